The molecule has 0 saturated carbocycles. The summed E-state index contributed by atoms with van der Waals surface area (Å²) in [6.07, 6.45) is 0. The number of nitro benzene ring substituents is 1. The molecule has 0 bridgehead atoms. The van der Waals surface area contributed by atoms with Crippen LogP contribution in [0.15, 0.2) is 18.2 Å². The Hall–Kier alpha value is -2.17. The number of nitro groups is 1. The molecule has 0 N–H and O–H groups in total. The molecule has 7 heteroatoms. The molecule has 7 nitrogen and oxygen atoms in total. The first-order valence-corrected chi connectivity index (χ1v) is 6.32. The second-order valence-electron chi connectivity index (χ2n) is 4.35. The standard InChI is InChI=1S/C13H15N3O4/c14-10-11-9-12(16(17)18)1-2-13(11)20-8-5-15-3-6-19-7-4-15/h1-2,9H,3-8H2. The van der Waals surface area contributed by atoms with Crippen LogP contribution >= 0.6 is 0 Å². The van der Waals surface area contributed by atoms with Crippen molar-refractivity contribution in [2.75, 3.05) is 39.5 Å². The van der Waals surface area contributed by atoms with Crippen molar-refractivity contribution < 1.29 is 14.4 Å². The molecule has 1 heterocycles. The van der Waals surface area contributed by atoms with Crippen molar-refractivity contribution >= 4 is 5.69 Å². The molecule has 1 aromatic rings. The molecule has 0 spiro atoms. The van der Waals surface area contributed by atoms with Gasteiger partial charge >= 0.3 is 0 Å². The summed E-state index contributed by atoms with van der Waals surface area (Å²) in [4.78, 5) is 12.3. The molecule has 106 valence electrons. The number of benzene rings is 1. The van der Waals surface area contributed by atoms with E-state index in [9.17, 15) is 10.1 Å². The fourth-order valence-corrected chi connectivity index (χ4v) is 1.95. The Bertz CT molecular complexity index is 521. The molecule has 1 aliphatic heterocycles. The van der Waals surface area contributed by atoms with Gasteiger partial charge in [-0.15, -0.1) is 0 Å². The van der Waals surface area contributed by atoms with Crippen molar-refractivity contribution in [1.29, 1.82) is 5.26 Å². The summed E-state index contributed by atoms with van der Waals surface area (Å²) in [6.45, 7) is 4.36. The van der Waals surface area contributed by atoms with Crippen LogP contribution in [-0.2, 0) is 4.74 Å². The lowest BCUT2D eigenvalue weighted by atomic mass is 10.2. The highest BCUT2D eigenvalue weighted by Gasteiger charge is 2.13. The monoisotopic (exact) mass is 277 g/mol. The Morgan fingerprint density at radius 1 is 1.45 bits per heavy atom. The third-order valence-electron chi connectivity index (χ3n) is 3.06. The summed E-state index contributed by atoms with van der Waals surface area (Å²) in [5, 5.41) is 19.6. The van der Waals surface area contributed by atoms with Crippen molar-refractivity contribution in [3.05, 3.63) is 33.9 Å². The first-order valence-electron chi connectivity index (χ1n) is 6.32. The van der Waals surface area contributed by atoms with Crippen molar-refractivity contribution in [3.8, 4) is 11.8 Å². The van der Waals surface area contributed by atoms with Gasteiger partial charge in [0.25, 0.3) is 5.69 Å². The minimum absolute atomic E-state index is 0.109. The summed E-state index contributed by atoms with van der Waals surface area (Å²) < 4.78 is 10.8. The van der Waals surface area contributed by atoms with Crippen LogP contribution in [0.4, 0.5) is 5.69 Å². The Labute approximate surface area is 116 Å². The van der Waals surface area contributed by atoms with Crippen molar-refractivity contribution in [2.45, 2.75) is 0 Å². The predicted molar refractivity (Wildman–Crippen MR) is 70.6 cm³/mol. The number of hydrogen-bond acceptors (Lipinski definition) is 6. The highest BCUT2D eigenvalue weighted by Crippen LogP contribution is 2.23. The Morgan fingerprint density at radius 2 is 2.20 bits per heavy atom. The molecule has 0 aromatic heterocycles. The Morgan fingerprint density at radius 3 is 2.85 bits per heavy atom. The number of hydrogen-bond donors (Lipinski definition) is 0. The minimum atomic E-state index is -0.529. The zero-order valence-electron chi connectivity index (χ0n) is 10.9. The molecular weight excluding hydrogens is 262 g/mol. The maximum atomic E-state index is 10.6. The summed E-state index contributed by atoms with van der Waals surface area (Å²) >= 11 is 0. The van der Waals surface area contributed by atoms with Gasteiger partial charge in [-0.25, -0.2) is 0 Å². The highest BCUT2D eigenvalue weighted by molar-refractivity contribution is 5.50. The van der Waals surface area contributed by atoms with Crippen LogP contribution in [0.25, 0.3) is 0 Å². The van der Waals surface area contributed by atoms with Crippen LogP contribution in [0.1, 0.15) is 5.56 Å². The summed E-state index contributed by atoms with van der Waals surface area (Å²) in [7, 11) is 0. The van der Waals surface area contributed by atoms with Gasteiger partial charge in [-0.1, -0.05) is 0 Å². The first-order chi connectivity index (χ1) is 9.70. The number of non-ortho nitro benzene ring substituents is 1. The first kappa shape index (κ1) is 14.2. The molecule has 0 atom stereocenters. The van der Waals surface area contributed by atoms with Crippen LogP contribution in [0.2, 0.25) is 0 Å². The molecule has 0 aliphatic carbocycles. The van der Waals surface area contributed by atoms with E-state index in [0.717, 1.165) is 32.8 Å². The third kappa shape index (κ3) is 3.66. The smallest absolute Gasteiger partial charge is 0.271 e. The van der Waals surface area contributed by atoms with Crippen LogP contribution in [0.3, 0.4) is 0 Å². The fraction of sp³-hybridized carbons (Fsp3) is 0.462. The number of nitrogens with zero attached hydrogens (tertiary/aromatic N) is 3. The normalized spacial score (nSPS) is 15.6. The highest BCUT2D eigenvalue weighted by atomic mass is 16.6. The summed E-state index contributed by atoms with van der Waals surface area (Å²) in [5.74, 6) is 0.381. The molecular formula is C13H15N3O4. The van der Waals surface area contributed by atoms with E-state index in [2.05, 4.69) is 4.90 Å². The van der Waals surface area contributed by atoms with Crippen LogP contribution < -0.4 is 4.74 Å². The number of ether oxygens (including phenoxy) is 2. The van der Waals surface area contributed by atoms with Crippen LogP contribution in [0.5, 0.6) is 5.75 Å². The van der Waals surface area contributed by atoms with Gasteiger partial charge in [0.2, 0.25) is 0 Å². The lowest BCUT2D eigenvalue weighted by Gasteiger charge is -2.26. The van der Waals surface area contributed by atoms with E-state index in [-0.39, 0.29) is 11.3 Å². The molecule has 1 aliphatic rings. The molecule has 20 heavy (non-hydrogen) atoms. The number of nitriles is 1. The SMILES string of the molecule is N#Cc1cc([N+](=O)[O-])ccc1OCCN1CCOCC1. The second-order valence-corrected chi connectivity index (χ2v) is 4.35. The van der Waals surface area contributed by atoms with E-state index in [0.29, 0.717) is 12.4 Å². The lowest BCUT2D eigenvalue weighted by Crippen LogP contribution is -2.38. The van der Waals surface area contributed by atoms with Gasteiger partial charge in [-0.05, 0) is 6.07 Å². The van der Waals surface area contributed by atoms with Gasteiger partial charge in [0.15, 0.2) is 0 Å². The molecule has 0 radical (unpaired) electrons. The van der Waals surface area contributed by atoms with Gasteiger partial charge in [-0.3, -0.25) is 15.0 Å². The zero-order chi connectivity index (χ0) is 14.4. The van der Waals surface area contributed by atoms with E-state index in [1.165, 1.54) is 18.2 Å². The van der Waals surface area contributed by atoms with Gasteiger partial charge in [0.05, 0.1) is 18.1 Å². The van der Waals surface area contributed by atoms with Crippen LogP contribution in [0, 0.1) is 21.4 Å². The van der Waals surface area contributed by atoms with Gasteiger partial charge < -0.3 is 9.47 Å². The van der Waals surface area contributed by atoms with Gasteiger partial charge in [0, 0.05) is 31.8 Å². The van der Waals surface area contributed by atoms with Crippen molar-refractivity contribution in [2.24, 2.45) is 0 Å². The predicted octanol–water partition coefficient (Wildman–Crippen LogP) is 1.18. The lowest BCUT2D eigenvalue weighted by molar-refractivity contribution is -0.384. The van der Waals surface area contributed by atoms with Crippen molar-refractivity contribution in [1.82, 2.24) is 4.90 Å². The molecule has 0 unspecified atom stereocenters. The van der Waals surface area contributed by atoms with E-state index in [1.807, 2.05) is 6.07 Å². The minimum Gasteiger partial charge on any atom is -0.491 e. The summed E-state index contributed by atoms with van der Waals surface area (Å²) in [5.41, 5.74) is 0.0725. The number of morpholine rings is 1. The molecule has 2 rings (SSSR count). The fourth-order valence-electron chi connectivity index (χ4n) is 1.95. The topological polar surface area (TPSA) is 88.6 Å². The third-order valence-corrected chi connectivity index (χ3v) is 3.06. The Kier molecular flexibility index (Phi) is 4.87. The summed E-state index contributed by atoms with van der Waals surface area (Å²) in [6, 6.07) is 5.95. The average Bonchev–Trinajstić information content (AvgIpc) is 2.48. The van der Waals surface area contributed by atoms with E-state index < -0.39 is 4.92 Å². The second kappa shape index (κ2) is 6.84. The van der Waals surface area contributed by atoms with E-state index >= 15 is 0 Å². The maximum absolute atomic E-state index is 10.6. The van der Waals surface area contributed by atoms with Gasteiger partial charge in [0.1, 0.15) is 24.0 Å². The number of rotatable bonds is 5. The largest absolute Gasteiger partial charge is 0.491 e. The van der Waals surface area contributed by atoms with Gasteiger partial charge in [-0.2, -0.15) is 5.26 Å². The quantitative estimate of drug-likeness (QED) is 0.593. The molecule has 1 saturated heterocycles. The van der Waals surface area contributed by atoms with Crippen molar-refractivity contribution in [3.63, 3.8) is 0 Å². The Balaban J connectivity index is 1.92. The average molecular weight is 277 g/mol. The van der Waals surface area contributed by atoms with E-state index in [4.69, 9.17) is 14.7 Å². The maximum Gasteiger partial charge on any atom is 0.271 e. The molecule has 1 aromatic carbocycles. The van der Waals surface area contributed by atoms with Crippen LogP contribution in [-0.4, -0.2) is 49.3 Å². The zero-order valence-corrected chi connectivity index (χ0v) is 10.9. The molecule has 1 fully saturated rings. The van der Waals surface area contributed by atoms with E-state index in [1.54, 1.807) is 0 Å². The molecule has 0 amide bonds.